The Morgan fingerprint density at radius 2 is 1.90 bits per heavy atom. The summed E-state index contributed by atoms with van der Waals surface area (Å²) in [5.74, 6) is 1.89. The Bertz CT molecular complexity index is 797. The molecule has 4 rings (SSSR count). The molecule has 1 aliphatic rings. The summed E-state index contributed by atoms with van der Waals surface area (Å²) < 4.78 is 0. The summed E-state index contributed by atoms with van der Waals surface area (Å²) in [5.41, 5.74) is 9.00. The molecule has 0 amide bonds. The first-order chi connectivity index (χ1) is 10.2. The van der Waals surface area contributed by atoms with Crippen LogP contribution < -0.4 is 5.73 Å². The molecule has 21 heavy (non-hydrogen) atoms. The molecule has 4 heteroatoms. The molecule has 106 valence electrons. The minimum Gasteiger partial charge on any atom is -0.383 e. The van der Waals surface area contributed by atoms with E-state index in [2.05, 4.69) is 42.2 Å². The maximum absolute atomic E-state index is 6.15. The van der Waals surface area contributed by atoms with E-state index in [0.717, 1.165) is 35.3 Å². The molecule has 3 aromatic rings. The largest absolute Gasteiger partial charge is 0.383 e. The zero-order valence-corrected chi connectivity index (χ0v) is 12.8. The number of nitrogens with two attached hydrogens (primary N) is 1. The Balaban J connectivity index is 1.75. The van der Waals surface area contributed by atoms with Gasteiger partial charge in [0.1, 0.15) is 16.5 Å². The number of benzene rings is 1. The Kier molecular flexibility index (Phi) is 2.93. The van der Waals surface area contributed by atoms with Gasteiger partial charge in [-0.1, -0.05) is 31.2 Å². The molecule has 0 fully saturated rings. The Morgan fingerprint density at radius 3 is 2.57 bits per heavy atom. The second kappa shape index (κ2) is 4.81. The number of nitrogen functional groups attached to an aromatic ring is 1. The fraction of sp³-hybridized carbons (Fsp3) is 0.294. The van der Waals surface area contributed by atoms with Crippen LogP contribution in [0.1, 0.15) is 34.7 Å². The summed E-state index contributed by atoms with van der Waals surface area (Å²) in [4.78, 5) is 11.7. The monoisotopic (exact) mass is 295 g/mol. The molecule has 3 nitrogen and oxygen atoms in total. The fourth-order valence-corrected chi connectivity index (χ4v) is 4.09. The van der Waals surface area contributed by atoms with Gasteiger partial charge in [0.15, 0.2) is 0 Å². The maximum Gasteiger partial charge on any atom is 0.136 e. The molecule has 0 spiro atoms. The summed E-state index contributed by atoms with van der Waals surface area (Å²) in [6.07, 6.45) is 3.06. The number of aromatic nitrogens is 2. The number of anilines is 1. The van der Waals surface area contributed by atoms with Crippen LogP contribution in [0.5, 0.6) is 0 Å². The van der Waals surface area contributed by atoms with Crippen LogP contribution in [0.3, 0.4) is 0 Å². The van der Waals surface area contributed by atoms with Gasteiger partial charge in [0.05, 0.1) is 5.39 Å². The topological polar surface area (TPSA) is 51.8 Å². The first-order valence-corrected chi connectivity index (χ1v) is 8.19. The van der Waals surface area contributed by atoms with E-state index >= 15 is 0 Å². The van der Waals surface area contributed by atoms with E-state index in [1.165, 1.54) is 16.0 Å². The van der Waals surface area contributed by atoms with Crippen molar-refractivity contribution in [3.63, 3.8) is 0 Å². The van der Waals surface area contributed by atoms with Crippen molar-refractivity contribution in [2.75, 3.05) is 5.73 Å². The molecule has 2 heterocycles. The van der Waals surface area contributed by atoms with Crippen LogP contribution in [-0.2, 0) is 19.3 Å². The number of nitrogens with zero attached hydrogens (tertiary/aromatic N) is 2. The average Bonchev–Trinajstić information content (AvgIpc) is 3.10. The zero-order chi connectivity index (χ0) is 14.4. The van der Waals surface area contributed by atoms with Gasteiger partial charge in [0, 0.05) is 10.8 Å². The van der Waals surface area contributed by atoms with Crippen molar-refractivity contribution >= 4 is 27.4 Å². The van der Waals surface area contributed by atoms with Crippen LogP contribution in [-0.4, -0.2) is 9.97 Å². The number of hydrogen-bond acceptors (Lipinski definition) is 4. The van der Waals surface area contributed by atoms with Gasteiger partial charge in [-0.3, -0.25) is 0 Å². The van der Waals surface area contributed by atoms with Gasteiger partial charge in [-0.2, -0.15) is 0 Å². The standard InChI is InChI=1S/C17H17N3S/c1-2-13-9-14-15(18)19-16(20-17(14)21-13)12-7-10-5-3-4-6-11(10)8-12/h3-6,9,12H,2,7-8H2,1H3,(H2,18,19,20). The predicted octanol–water partition coefficient (Wildman–Crippen LogP) is 3.72. The summed E-state index contributed by atoms with van der Waals surface area (Å²) in [5, 5.41) is 1.01. The summed E-state index contributed by atoms with van der Waals surface area (Å²) in [6.45, 7) is 2.16. The highest BCUT2D eigenvalue weighted by atomic mass is 32.1. The molecule has 1 aromatic carbocycles. The smallest absolute Gasteiger partial charge is 0.136 e. The van der Waals surface area contributed by atoms with E-state index in [1.807, 2.05) is 0 Å². The van der Waals surface area contributed by atoms with Crippen LogP contribution in [0.15, 0.2) is 30.3 Å². The minimum atomic E-state index is 0.362. The van der Waals surface area contributed by atoms with Gasteiger partial charge in [-0.15, -0.1) is 11.3 Å². The van der Waals surface area contributed by atoms with E-state index < -0.39 is 0 Å². The lowest BCUT2D eigenvalue weighted by atomic mass is 10.1. The van der Waals surface area contributed by atoms with Crippen LogP contribution in [0.4, 0.5) is 5.82 Å². The fourth-order valence-electron chi connectivity index (χ4n) is 3.11. The van der Waals surface area contributed by atoms with Crippen LogP contribution >= 0.6 is 11.3 Å². The van der Waals surface area contributed by atoms with E-state index in [1.54, 1.807) is 11.3 Å². The molecule has 2 aromatic heterocycles. The van der Waals surface area contributed by atoms with Crippen molar-refractivity contribution in [1.29, 1.82) is 0 Å². The highest BCUT2D eigenvalue weighted by molar-refractivity contribution is 7.18. The van der Waals surface area contributed by atoms with Crippen molar-refractivity contribution < 1.29 is 0 Å². The number of fused-ring (bicyclic) bond motifs is 2. The van der Waals surface area contributed by atoms with Crippen LogP contribution in [0.25, 0.3) is 10.2 Å². The molecule has 0 radical (unpaired) electrons. The molecule has 0 unspecified atom stereocenters. The van der Waals surface area contributed by atoms with Crippen molar-refractivity contribution in [3.05, 3.63) is 52.2 Å². The lowest BCUT2D eigenvalue weighted by Crippen LogP contribution is -2.06. The summed E-state index contributed by atoms with van der Waals surface area (Å²) in [7, 11) is 0. The van der Waals surface area contributed by atoms with Crippen molar-refractivity contribution in [3.8, 4) is 0 Å². The summed E-state index contributed by atoms with van der Waals surface area (Å²) in [6, 6.07) is 10.7. The van der Waals surface area contributed by atoms with Crippen molar-refractivity contribution in [2.45, 2.75) is 32.1 Å². The third-order valence-electron chi connectivity index (χ3n) is 4.26. The minimum absolute atomic E-state index is 0.362. The van der Waals surface area contributed by atoms with Gasteiger partial charge in [-0.25, -0.2) is 9.97 Å². The molecule has 0 aliphatic heterocycles. The molecular weight excluding hydrogens is 278 g/mol. The normalized spacial score (nSPS) is 14.7. The first kappa shape index (κ1) is 12.8. The lowest BCUT2D eigenvalue weighted by molar-refractivity contribution is 0.689. The van der Waals surface area contributed by atoms with Gasteiger partial charge in [0.25, 0.3) is 0 Å². The third kappa shape index (κ3) is 2.10. The lowest BCUT2D eigenvalue weighted by Gasteiger charge is -2.08. The molecule has 1 aliphatic carbocycles. The highest BCUT2D eigenvalue weighted by Gasteiger charge is 2.25. The Morgan fingerprint density at radius 1 is 1.19 bits per heavy atom. The maximum atomic E-state index is 6.15. The van der Waals surface area contributed by atoms with Crippen molar-refractivity contribution in [1.82, 2.24) is 9.97 Å². The number of aryl methyl sites for hydroxylation is 1. The first-order valence-electron chi connectivity index (χ1n) is 7.37. The van der Waals surface area contributed by atoms with Gasteiger partial charge in [0.2, 0.25) is 0 Å². The molecular formula is C17H17N3S. The molecule has 0 saturated heterocycles. The Labute approximate surface area is 127 Å². The Hall–Kier alpha value is -1.94. The molecule has 0 bridgehead atoms. The van der Waals surface area contributed by atoms with Gasteiger partial charge >= 0.3 is 0 Å². The molecule has 0 atom stereocenters. The van der Waals surface area contributed by atoms with Gasteiger partial charge in [-0.05, 0) is 36.5 Å². The van der Waals surface area contributed by atoms with E-state index in [-0.39, 0.29) is 0 Å². The molecule has 0 saturated carbocycles. The second-order valence-electron chi connectivity index (χ2n) is 5.63. The number of hydrogen-bond donors (Lipinski definition) is 1. The van der Waals surface area contributed by atoms with Crippen LogP contribution in [0.2, 0.25) is 0 Å². The third-order valence-corrected chi connectivity index (χ3v) is 5.43. The van der Waals surface area contributed by atoms with Gasteiger partial charge < -0.3 is 5.73 Å². The zero-order valence-electron chi connectivity index (χ0n) is 12.0. The van der Waals surface area contributed by atoms with E-state index in [4.69, 9.17) is 10.7 Å². The van der Waals surface area contributed by atoms with E-state index in [0.29, 0.717) is 11.7 Å². The number of rotatable bonds is 2. The average molecular weight is 295 g/mol. The highest BCUT2D eigenvalue weighted by Crippen LogP contribution is 2.35. The molecule has 2 N–H and O–H groups in total. The SMILES string of the molecule is CCc1cc2c(N)nc(C3Cc4ccccc4C3)nc2s1. The number of thiophene rings is 1. The quantitative estimate of drug-likeness (QED) is 0.784. The van der Waals surface area contributed by atoms with E-state index in [9.17, 15) is 0 Å². The predicted molar refractivity (Wildman–Crippen MR) is 87.8 cm³/mol. The summed E-state index contributed by atoms with van der Waals surface area (Å²) >= 11 is 1.74. The second-order valence-corrected chi connectivity index (χ2v) is 6.74. The van der Waals surface area contributed by atoms with Crippen LogP contribution in [0, 0.1) is 0 Å². The van der Waals surface area contributed by atoms with Crippen molar-refractivity contribution in [2.24, 2.45) is 0 Å².